The van der Waals surface area contributed by atoms with Crippen molar-refractivity contribution >= 4 is 122 Å². The first-order chi connectivity index (χ1) is 42.8. The SMILES string of the molecule is Nc1ncnc2c1ncn2[C@H]1[C@H](O)[C@@H]2OP(=O)([S-])OC[C@H]3O[C@@H](n4cnc5c(N)ncnc54)[C@H](OP(=O)([O-])OC[C@@]24C[C@H]14)[C@@H]3O.Nc1ncnc2c1ncn2[C@H]1[C@H](O)[C@@H]2OP(=O)([S-])OC[C@H]3O[C@@H](n4cnc5c(N)ncnc54)[C@H](OP(=O)([O-])OC[C@@]24C[C@H]14)[C@@H]3O.[Na+].[Na+].[Na+].[Na+]. The van der Waals surface area contributed by atoms with Crippen molar-refractivity contribution in [2.45, 2.75) is 98.4 Å². The predicted octanol–water partition coefficient (Wildman–Crippen LogP) is -14.1. The summed E-state index contributed by atoms with van der Waals surface area (Å²) in [6.07, 6.45) is -6.22. The average molecular weight is 1460 g/mol. The van der Waals surface area contributed by atoms with Gasteiger partial charge >= 0.3 is 118 Å². The summed E-state index contributed by atoms with van der Waals surface area (Å²) in [5.41, 5.74) is 23.3. The molecule has 8 aromatic heterocycles. The number of nitrogen functional groups attached to an aromatic ring is 4. The Balaban J connectivity index is 0.000000184. The number of nitrogens with zero attached hydrogens (tertiary/aromatic N) is 16. The van der Waals surface area contributed by atoms with Crippen LogP contribution in [0.2, 0.25) is 0 Å². The molecule has 0 amide bonds. The molecule has 8 fully saturated rings. The molecular formula is C44H48N20Na4O20P4S2. The van der Waals surface area contributed by atoms with Crippen LogP contribution in [0.3, 0.4) is 0 Å². The van der Waals surface area contributed by atoms with Crippen molar-refractivity contribution in [3.8, 4) is 0 Å². The molecule has 4 bridgehead atoms. The number of aliphatic hydroxyl groups excluding tert-OH is 4. The summed E-state index contributed by atoms with van der Waals surface area (Å²) in [6.45, 7) is -11.0. The van der Waals surface area contributed by atoms with Gasteiger partial charge in [-0.05, 0) is 24.7 Å². The molecule has 0 radical (unpaired) electrons. The fourth-order valence-electron chi connectivity index (χ4n) is 13.4. The fraction of sp³-hybridized carbons (Fsp3) is 0.545. The van der Waals surface area contributed by atoms with Gasteiger partial charge in [0.25, 0.3) is 15.6 Å². The number of hydrogen-bond acceptors (Lipinski definition) is 38. The van der Waals surface area contributed by atoms with Gasteiger partial charge in [-0.2, -0.15) is 0 Å². The van der Waals surface area contributed by atoms with Gasteiger partial charge in [0.1, 0.15) is 108 Å². The molecule has 16 rings (SSSR count). The van der Waals surface area contributed by atoms with E-state index in [0.29, 0.717) is 22.3 Å². The van der Waals surface area contributed by atoms with Crippen molar-refractivity contribution < 1.29 is 212 Å². The summed E-state index contributed by atoms with van der Waals surface area (Å²) in [7, 11) is -10.4. The van der Waals surface area contributed by atoms with Gasteiger partial charge in [0.2, 0.25) is 0 Å². The van der Waals surface area contributed by atoms with E-state index >= 15 is 0 Å². The van der Waals surface area contributed by atoms with Gasteiger partial charge < -0.3 is 132 Å². The topological polar surface area (TPSA) is 566 Å². The molecule has 50 heteroatoms. The van der Waals surface area contributed by atoms with Crippen molar-refractivity contribution in [3.63, 3.8) is 0 Å². The van der Waals surface area contributed by atoms with Crippen molar-refractivity contribution in [1.29, 1.82) is 0 Å². The van der Waals surface area contributed by atoms with Gasteiger partial charge in [0.15, 0.2) is 71.9 Å². The number of rotatable bonds is 4. The first-order valence-electron chi connectivity index (χ1n) is 27.1. The molecule has 4 saturated carbocycles. The van der Waals surface area contributed by atoms with Gasteiger partial charge in [0.05, 0.1) is 63.8 Å². The van der Waals surface area contributed by atoms with Crippen LogP contribution in [0.4, 0.5) is 23.3 Å². The van der Waals surface area contributed by atoms with Crippen molar-refractivity contribution in [2.75, 3.05) is 49.4 Å². The van der Waals surface area contributed by atoms with E-state index in [2.05, 4.69) is 59.8 Å². The molecular weight excluding hydrogens is 1410 g/mol. The predicted molar refractivity (Wildman–Crippen MR) is 298 cm³/mol. The van der Waals surface area contributed by atoms with E-state index in [1.54, 1.807) is 9.13 Å². The largest absolute Gasteiger partial charge is 1.00 e. The fourth-order valence-corrected chi connectivity index (χ4v) is 18.3. The van der Waals surface area contributed by atoms with Gasteiger partial charge in [-0.15, -0.1) is 0 Å². The Morgan fingerprint density at radius 1 is 0.457 bits per heavy atom. The molecule has 4 saturated heterocycles. The van der Waals surface area contributed by atoms with Crippen LogP contribution in [0.5, 0.6) is 0 Å². The van der Waals surface area contributed by atoms with Crippen molar-refractivity contribution in [1.82, 2.24) is 78.1 Å². The van der Waals surface area contributed by atoms with Gasteiger partial charge in [-0.1, -0.05) is 0 Å². The monoisotopic (exact) mass is 1460 g/mol. The summed E-state index contributed by atoms with van der Waals surface area (Å²) in [6, 6.07) is -1.52. The van der Waals surface area contributed by atoms with Gasteiger partial charge in [0, 0.05) is 10.8 Å². The van der Waals surface area contributed by atoms with Crippen molar-refractivity contribution in [3.05, 3.63) is 50.6 Å². The number of nitrogens with two attached hydrogens (primary N) is 4. The smallest absolute Gasteiger partial charge is 0.756 e. The van der Waals surface area contributed by atoms with E-state index in [1.165, 1.54) is 59.8 Å². The van der Waals surface area contributed by atoms with E-state index in [-0.39, 0.29) is 177 Å². The Morgan fingerprint density at radius 3 is 1.10 bits per heavy atom. The molecule has 94 heavy (non-hydrogen) atoms. The Hall–Kier alpha value is -1.62. The standard InChI is InChI=1S/2C22H26N10O10P2S.4Na/c2*23-17-10-19(27-4-25-17)31(6-29-10)12-8-1-22(8)3-39-43(35,36)41-15-13(33)9(2-38-44(37,45)42-16(22)14(12)34)40-21(15)32-7-30-11-18(24)26-5-28-20(11)32;;;;/h2*4-9,12-16,21,33-34H,1-3H2,(H,35,36)(H,37,45)(H2,23,25,27)(H2,24,26,28);;;;/q;;4*+1/p-4/t2*8-,9-,12-,13-,14+,15-,16+,21-,22-,44?;;;;/m11..../s1. The summed E-state index contributed by atoms with van der Waals surface area (Å²) < 4.78 is 115. The first-order valence-corrected chi connectivity index (χ1v) is 35.1. The molecule has 8 aliphatic rings. The van der Waals surface area contributed by atoms with E-state index in [9.17, 15) is 48.5 Å². The number of anilines is 4. The maximum atomic E-state index is 13.5. The summed E-state index contributed by atoms with van der Waals surface area (Å²) in [5, 5.41) is 45.2. The minimum atomic E-state index is -5.20. The minimum absolute atomic E-state index is 0. The number of aliphatic hydroxyl groups is 4. The van der Waals surface area contributed by atoms with Crippen LogP contribution in [0.1, 0.15) is 37.4 Å². The second-order valence-corrected chi connectivity index (χ2v) is 30.7. The third kappa shape index (κ3) is 12.7. The van der Waals surface area contributed by atoms with Gasteiger partial charge in [-0.25, -0.2) is 59.8 Å². The summed E-state index contributed by atoms with van der Waals surface area (Å²) in [4.78, 5) is 75.8. The van der Waals surface area contributed by atoms with Crippen molar-refractivity contribution in [2.24, 2.45) is 22.7 Å². The molecule has 40 nitrogen and oxygen atoms in total. The second kappa shape index (κ2) is 27.0. The zero-order valence-electron chi connectivity index (χ0n) is 49.5. The zero-order valence-corrected chi connectivity index (χ0v) is 62.7. The summed E-state index contributed by atoms with van der Waals surface area (Å²) in [5.74, 6) is -0.530. The third-order valence-electron chi connectivity index (χ3n) is 17.8. The Morgan fingerprint density at radius 2 is 0.766 bits per heavy atom. The first kappa shape index (κ1) is 73.6. The van der Waals surface area contributed by atoms with E-state index < -0.39 is 164 Å². The van der Waals surface area contributed by atoms with Crippen LogP contribution in [0, 0.1) is 22.7 Å². The third-order valence-corrected chi connectivity index (χ3v) is 22.7. The van der Waals surface area contributed by atoms with Crippen LogP contribution in [0.15, 0.2) is 50.6 Å². The molecule has 480 valence electrons. The quantitative estimate of drug-likeness (QED) is 0.0461. The number of fused-ring (bicyclic) bond motifs is 8. The van der Waals surface area contributed by atoms with Gasteiger partial charge in [-0.3, -0.25) is 27.4 Å². The number of imidazole rings is 4. The zero-order chi connectivity index (χ0) is 62.9. The number of hydrogen-bond donors (Lipinski definition) is 8. The van der Waals surface area contributed by atoms with E-state index in [0.717, 1.165) is 0 Å². The average Bonchev–Trinajstić information content (AvgIpc) is 1.52. The van der Waals surface area contributed by atoms with Crippen LogP contribution in [0.25, 0.3) is 44.7 Å². The maximum Gasteiger partial charge on any atom is 1.00 e. The number of phosphoric ester groups is 2. The minimum Gasteiger partial charge on any atom is -0.756 e. The molecule has 4 aliphatic heterocycles. The second-order valence-electron chi connectivity index (χ2n) is 22.6. The molecule has 4 unspecified atom stereocenters. The molecule has 12 heterocycles. The van der Waals surface area contributed by atoms with E-state index in [4.69, 9.17) is 93.1 Å². The number of phosphoric acid groups is 2. The van der Waals surface area contributed by atoms with E-state index in [1.807, 2.05) is 0 Å². The Bertz CT molecular complexity index is 4160. The molecule has 8 aromatic rings. The molecule has 12 N–H and O–H groups in total. The maximum absolute atomic E-state index is 13.5. The van der Waals surface area contributed by atoms with Crippen LogP contribution >= 0.6 is 29.2 Å². The summed E-state index contributed by atoms with van der Waals surface area (Å²) >= 11 is 10.4. The number of aromatic nitrogens is 16. The number of ether oxygens (including phenoxy) is 2. The van der Waals surface area contributed by atoms with Crippen LogP contribution in [-0.2, 0) is 88.4 Å². The Kier molecular flexibility index (Phi) is 21.1. The Labute approximate surface area is 626 Å². The molecule has 22 atom stereocenters. The molecule has 0 aromatic carbocycles. The molecule has 4 aliphatic carbocycles. The van der Waals surface area contributed by atoms with Crippen LogP contribution < -0.4 is 151 Å². The molecule has 2 spiro atoms. The normalized spacial score (nSPS) is 39.9. The van der Waals surface area contributed by atoms with Crippen LogP contribution in [-0.4, -0.2) is 186 Å².